The lowest BCUT2D eigenvalue weighted by molar-refractivity contribution is -0.129. The summed E-state index contributed by atoms with van der Waals surface area (Å²) in [6.07, 6.45) is 1.96. The van der Waals surface area contributed by atoms with Gasteiger partial charge in [0.1, 0.15) is 5.76 Å². The van der Waals surface area contributed by atoms with Crippen molar-refractivity contribution < 1.29 is 14.3 Å². The second-order valence-corrected chi connectivity index (χ2v) is 4.31. The zero-order valence-electron chi connectivity index (χ0n) is 10.5. The Bertz CT molecular complexity index is 336. The highest BCUT2D eigenvalue weighted by Crippen LogP contribution is 2.14. The molecule has 17 heavy (non-hydrogen) atoms. The molecule has 2 N–H and O–H groups in total. The van der Waals surface area contributed by atoms with Gasteiger partial charge in [-0.15, -0.1) is 0 Å². The average molecular weight is 240 g/mol. The highest BCUT2D eigenvalue weighted by Gasteiger charge is 2.18. The zero-order chi connectivity index (χ0) is 12.8. The Morgan fingerprint density at radius 3 is 2.76 bits per heavy atom. The van der Waals surface area contributed by atoms with Crippen LogP contribution in [-0.4, -0.2) is 42.7 Å². The van der Waals surface area contributed by atoms with E-state index in [1.165, 1.54) is 0 Å². The standard InChI is InChI=1S/C12H20N2O3/c1-9(7-12(16)14(2)3)13-10(8-15)11-5-4-6-17-11/h4-6,9-10,13,15H,7-8H2,1-3H3. The summed E-state index contributed by atoms with van der Waals surface area (Å²) in [7, 11) is 3.45. The van der Waals surface area contributed by atoms with Gasteiger partial charge in [0.2, 0.25) is 5.91 Å². The first-order chi connectivity index (χ1) is 8.04. The first kappa shape index (κ1) is 13.7. The minimum Gasteiger partial charge on any atom is -0.468 e. The molecule has 0 aliphatic rings. The molecule has 0 fully saturated rings. The maximum atomic E-state index is 11.5. The molecule has 0 aliphatic carbocycles. The van der Waals surface area contributed by atoms with Gasteiger partial charge in [0, 0.05) is 26.6 Å². The van der Waals surface area contributed by atoms with Crippen LogP contribution < -0.4 is 5.32 Å². The molecule has 5 nitrogen and oxygen atoms in total. The van der Waals surface area contributed by atoms with Crippen molar-refractivity contribution in [3.63, 3.8) is 0 Å². The van der Waals surface area contributed by atoms with Crippen molar-refractivity contribution in [1.29, 1.82) is 0 Å². The Morgan fingerprint density at radius 1 is 1.59 bits per heavy atom. The topological polar surface area (TPSA) is 65.7 Å². The molecule has 2 atom stereocenters. The second kappa shape index (κ2) is 6.42. The van der Waals surface area contributed by atoms with Gasteiger partial charge in [-0.05, 0) is 19.1 Å². The molecular weight excluding hydrogens is 220 g/mol. The van der Waals surface area contributed by atoms with E-state index in [1.54, 1.807) is 37.4 Å². The fourth-order valence-corrected chi connectivity index (χ4v) is 1.56. The number of nitrogens with one attached hydrogen (secondary N) is 1. The third kappa shape index (κ3) is 4.20. The second-order valence-electron chi connectivity index (χ2n) is 4.31. The van der Waals surface area contributed by atoms with Gasteiger partial charge in [-0.2, -0.15) is 0 Å². The van der Waals surface area contributed by atoms with Gasteiger partial charge < -0.3 is 19.7 Å². The molecule has 0 saturated carbocycles. The summed E-state index contributed by atoms with van der Waals surface area (Å²) in [5, 5.41) is 12.4. The number of aliphatic hydroxyl groups excluding tert-OH is 1. The SMILES string of the molecule is CC(CC(=O)N(C)C)NC(CO)c1ccco1. The van der Waals surface area contributed by atoms with Crippen molar-refractivity contribution >= 4 is 5.91 Å². The Morgan fingerprint density at radius 2 is 2.29 bits per heavy atom. The van der Waals surface area contributed by atoms with Crippen molar-refractivity contribution in [2.45, 2.75) is 25.4 Å². The third-order valence-corrected chi connectivity index (χ3v) is 2.53. The predicted octanol–water partition coefficient (Wildman–Crippen LogP) is 0.769. The number of nitrogens with zero attached hydrogens (tertiary/aromatic N) is 1. The summed E-state index contributed by atoms with van der Waals surface area (Å²) >= 11 is 0. The van der Waals surface area contributed by atoms with Gasteiger partial charge in [0.05, 0.1) is 18.9 Å². The number of rotatable bonds is 6. The maximum Gasteiger partial charge on any atom is 0.223 e. The van der Waals surface area contributed by atoms with Crippen LogP contribution in [0.4, 0.5) is 0 Å². The van der Waals surface area contributed by atoms with Crippen molar-refractivity contribution in [1.82, 2.24) is 10.2 Å². The molecule has 2 unspecified atom stereocenters. The molecule has 1 aromatic heterocycles. The highest BCUT2D eigenvalue weighted by atomic mass is 16.3. The van der Waals surface area contributed by atoms with Gasteiger partial charge in [-0.1, -0.05) is 0 Å². The van der Waals surface area contributed by atoms with E-state index in [9.17, 15) is 9.90 Å². The van der Waals surface area contributed by atoms with Crippen molar-refractivity contribution in [3.8, 4) is 0 Å². The van der Waals surface area contributed by atoms with E-state index in [-0.39, 0.29) is 24.6 Å². The number of amides is 1. The third-order valence-electron chi connectivity index (χ3n) is 2.53. The summed E-state index contributed by atoms with van der Waals surface area (Å²) in [4.78, 5) is 13.1. The lowest BCUT2D eigenvalue weighted by atomic mass is 10.1. The molecule has 0 aromatic carbocycles. The molecular formula is C12H20N2O3. The molecule has 1 amide bonds. The van der Waals surface area contributed by atoms with Crippen LogP contribution in [0.3, 0.4) is 0 Å². The van der Waals surface area contributed by atoms with E-state index in [0.29, 0.717) is 12.2 Å². The van der Waals surface area contributed by atoms with E-state index in [1.807, 2.05) is 6.92 Å². The van der Waals surface area contributed by atoms with Crippen LogP contribution in [0.5, 0.6) is 0 Å². The van der Waals surface area contributed by atoms with Gasteiger partial charge in [0.25, 0.3) is 0 Å². The Balaban J connectivity index is 2.49. The first-order valence-electron chi connectivity index (χ1n) is 5.65. The average Bonchev–Trinajstić information content (AvgIpc) is 2.78. The van der Waals surface area contributed by atoms with E-state index in [4.69, 9.17) is 4.42 Å². The monoisotopic (exact) mass is 240 g/mol. The normalized spacial score (nSPS) is 14.4. The molecule has 0 saturated heterocycles. The maximum absolute atomic E-state index is 11.5. The van der Waals surface area contributed by atoms with Gasteiger partial charge in [0.15, 0.2) is 0 Å². The van der Waals surface area contributed by atoms with Crippen LogP contribution >= 0.6 is 0 Å². The zero-order valence-corrected chi connectivity index (χ0v) is 10.5. The van der Waals surface area contributed by atoms with E-state index in [0.717, 1.165) is 0 Å². The van der Waals surface area contributed by atoms with E-state index >= 15 is 0 Å². The molecule has 0 aliphatic heterocycles. The van der Waals surface area contributed by atoms with Crippen LogP contribution in [0.2, 0.25) is 0 Å². The Kier molecular flexibility index (Phi) is 5.18. The molecule has 0 bridgehead atoms. The summed E-state index contributed by atoms with van der Waals surface area (Å²) in [5.41, 5.74) is 0. The number of hydrogen-bond acceptors (Lipinski definition) is 4. The summed E-state index contributed by atoms with van der Waals surface area (Å²) < 4.78 is 5.22. The molecule has 96 valence electrons. The Labute approximate surface area is 101 Å². The summed E-state index contributed by atoms with van der Waals surface area (Å²) in [6.45, 7) is 1.85. The lowest BCUT2D eigenvalue weighted by Crippen LogP contribution is -2.36. The van der Waals surface area contributed by atoms with Crippen LogP contribution in [0.25, 0.3) is 0 Å². The van der Waals surface area contributed by atoms with E-state index in [2.05, 4.69) is 5.32 Å². The molecule has 0 radical (unpaired) electrons. The van der Waals surface area contributed by atoms with Gasteiger partial charge in [-0.25, -0.2) is 0 Å². The quantitative estimate of drug-likeness (QED) is 0.771. The molecule has 5 heteroatoms. The van der Waals surface area contributed by atoms with Crippen molar-refractivity contribution in [2.24, 2.45) is 0 Å². The molecule has 1 rings (SSSR count). The first-order valence-corrected chi connectivity index (χ1v) is 5.65. The fraction of sp³-hybridized carbons (Fsp3) is 0.583. The number of aliphatic hydroxyl groups is 1. The molecule has 1 aromatic rings. The van der Waals surface area contributed by atoms with Crippen molar-refractivity contribution in [3.05, 3.63) is 24.2 Å². The van der Waals surface area contributed by atoms with E-state index < -0.39 is 0 Å². The number of hydrogen-bond donors (Lipinski definition) is 2. The highest BCUT2D eigenvalue weighted by molar-refractivity contribution is 5.76. The van der Waals surface area contributed by atoms with Crippen LogP contribution in [0, 0.1) is 0 Å². The minimum atomic E-state index is -0.269. The number of furan rings is 1. The molecule has 1 heterocycles. The predicted molar refractivity (Wildman–Crippen MR) is 64.4 cm³/mol. The summed E-state index contributed by atoms with van der Waals surface area (Å²) in [5.74, 6) is 0.734. The van der Waals surface area contributed by atoms with Crippen LogP contribution in [0.15, 0.2) is 22.8 Å². The smallest absolute Gasteiger partial charge is 0.223 e. The minimum absolute atomic E-state index is 0.0212. The lowest BCUT2D eigenvalue weighted by Gasteiger charge is -2.21. The van der Waals surface area contributed by atoms with Crippen molar-refractivity contribution in [2.75, 3.05) is 20.7 Å². The molecule has 0 spiro atoms. The van der Waals surface area contributed by atoms with Crippen LogP contribution in [-0.2, 0) is 4.79 Å². The van der Waals surface area contributed by atoms with Gasteiger partial charge >= 0.3 is 0 Å². The summed E-state index contributed by atoms with van der Waals surface area (Å²) in [6, 6.07) is 3.28. The van der Waals surface area contributed by atoms with Gasteiger partial charge in [-0.3, -0.25) is 4.79 Å². The number of carbonyl (C=O) groups is 1. The Hall–Kier alpha value is -1.33. The largest absolute Gasteiger partial charge is 0.468 e. The van der Waals surface area contributed by atoms with Crippen LogP contribution in [0.1, 0.15) is 25.1 Å². The number of carbonyl (C=O) groups excluding carboxylic acids is 1. The fourth-order valence-electron chi connectivity index (χ4n) is 1.56.